The van der Waals surface area contributed by atoms with Crippen molar-refractivity contribution in [1.29, 1.82) is 0 Å². The predicted molar refractivity (Wildman–Crippen MR) is 123 cm³/mol. The van der Waals surface area contributed by atoms with E-state index in [-0.39, 0.29) is 46.2 Å². The van der Waals surface area contributed by atoms with Crippen LogP contribution in [0.15, 0.2) is 76.7 Å². The van der Waals surface area contributed by atoms with Crippen LogP contribution < -0.4 is 11.1 Å². The lowest BCUT2D eigenvalue weighted by Gasteiger charge is -2.12. The molecule has 0 aliphatic carbocycles. The van der Waals surface area contributed by atoms with E-state index in [0.717, 1.165) is 29.8 Å². The van der Waals surface area contributed by atoms with Gasteiger partial charge in [0.15, 0.2) is 0 Å². The van der Waals surface area contributed by atoms with Crippen molar-refractivity contribution >= 4 is 35.0 Å². The van der Waals surface area contributed by atoms with Crippen molar-refractivity contribution < 1.29 is 18.0 Å². The Hall–Kier alpha value is -3.65. The van der Waals surface area contributed by atoms with Crippen molar-refractivity contribution in [2.24, 2.45) is 15.7 Å². The topological polar surface area (TPSA) is 79.8 Å². The molecule has 1 unspecified atom stereocenters. The summed E-state index contributed by atoms with van der Waals surface area (Å²) in [7, 11) is 0. The van der Waals surface area contributed by atoms with E-state index >= 15 is 0 Å². The monoisotopic (exact) mass is 472 g/mol. The highest BCUT2D eigenvalue weighted by Gasteiger charge is 2.13. The average Bonchev–Trinajstić information content (AvgIpc) is 2.73. The van der Waals surface area contributed by atoms with E-state index in [1.165, 1.54) is 30.3 Å². The first kappa shape index (κ1) is 24.0. The van der Waals surface area contributed by atoms with E-state index < -0.39 is 17.5 Å². The minimum absolute atomic E-state index is 0.105. The van der Waals surface area contributed by atoms with E-state index in [1.54, 1.807) is 12.1 Å². The van der Waals surface area contributed by atoms with Crippen LogP contribution >= 0.6 is 11.6 Å². The zero-order chi connectivity index (χ0) is 24.0. The van der Waals surface area contributed by atoms with Gasteiger partial charge in [0.1, 0.15) is 23.3 Å². The number of carbonyl (C=O) groups excluding carboxylic acids is 1. The second-order valence-electron chi connectivity index (χ2n) is 7.28. The third-order valence-corrected chi connectivity index (χ3v) is 4.84. The summed E-state index contributed by atoms with van der Waals surface area (Å²) in [4.78, 5) is 20.9. The lowest BCUT2D eigenvalue weighted by molar-refractivity contribution is 0.0976. The molecule has 3 N–H and O–H groups in total. The van der Waals surface area contributed by atoms with E-state index in [1.807, 2.05) is 6.92 Å². The summed E-state index contributed by atoms with van der Waals surface area (Å²) in [6.45, 7) is 1.88. The Bertz CT molecular complexity index is 1180. The number of nitrogens with zero attached hydrogens (tertiary/aromatic N) is 2. The predicted octanol–water partition coefficient (Wildman–Crippen LogP) is 5.73. The van der Waals surface area contributed by atoms with E-state index in [2.05, 4.69) is 15.3 Å². The summed E-state index contributed by atoms with van der Waals surface area (Å²) in [6, 6.07) is 14.5. The maximum absolute atomic E-state index is 13.7. The molecule has 0 aliphatic rings. The number of amidine groups is 1. The van der Waals surface area contributed by atoms with Gasteiger partial charge in [0.2, 0.25) is 5.96 Å². The highest BCUT2D eigenvalue weighted by molar-refractivity contribution is 6.30. The molecule has 1 amide bonds. The Morgan fingerprint density at radius 3 is 2.18 bits per heavy atom. The lowest BCUT2D eigenvalue weighted by atomic mass is 9.97. The number of nitrogens with two attached hydrogens (primary N) is 1. The molecule has 33 heavy (non-hydrogen) atoms. The van der Waals surface area contributed by atoms with Gasteiger partial charge in [-0.2, -0.15) is 0 Å². The van der Waals surface area contributed by atoms with Gasteiger partial charge >= 0.3 is 0 Å². The van der Waals surface area contributed by atoms with Gasteiger partial charge in [-0.15, -0.1) is 0 Å². The fourth-order valence-electron chi connectivity index (χ4n) is 2.99. The van der Waals surface area contributed by atoms with Crippen LogP contribution in [0.3, 0.4) is 0 Å². The first-order chi connectivity index (χ1) is 15.7. The molecule has 9 heteroatoms. The van der Waals surface area contributed by atoms with Gasteiger partial charge in [0.25, 0.3) is 5.91 Å². The van der Waals surface area contributed by atoms with E-state index in [0.29, 0.717) is 0 Å². The average molecular weight is 473 g/mol. The zero-order valence-electron chi connectivity index (χ0n) is 17.5. The highest BCUT2D eigenvalue weighted by atomic mass is 35.5. The van der Waals surface area contributed by atoms with Crippen LogP contribution in [0.5, 0.6) is 0 Å². The largest absolute Gasteiger partial charge is 0.387 e. The van der Waals surface area contributed by atoms with Crippen molar-refractivity contribution in [2.45, 2.75) is 19.3 Å². The van der Waals surface area contributed by atoms with E-state index in [9.17, 15) is 18.0 Å². The van der Waals surface area contributed by atoms with Gasteiger partial charge in [-0.1, -0.05) is 30.7 Å². The summed E-state index contributed by atoms with van der Waals surface area (Å²) >= 11 is 5.88. The number of hydrogen-bond acceptors (Lipinski definition) is 2. The molecule has 0 aromatic heterocycles. The quantitative estimate of drug-likeness (QED) is 0.367. The van der Waals surface area contributed by atoms with Gasteiger partial charge in [-0.05, 0) is 66.1 Å². The molecule has 170 valence electrons. The third-order valence-electron chi connectivity index (χ3n) is 4.62. The molecule has 0 fully saturated rings. The fourth-order valence-corrected chi connectivity index (χ4v) is 3.20. The minimum Gasteiger partial charge on any atom is -0.387 e. The van der Waals surface area contributed by atoms with E-state index in [4.69, 9.17) is 17.3 Å². The molecule has 0 radical (unpaired) electrons. The van der Waals surface area contributed by atoms with Gasteiger partial charge in [0, 0.05) is 17.0 Å². The van der Waals surface area contributed by atoms with Crippen LogP contribution in [0.4, 0.5) is 18.9 Å². The van der Waals surface area contributed by atoms with Gasteiger partial charge < -0.3 is 5.73 Å². The zero-order valence-corrected chi connectivity index (χ0v) is 18.3. The van der Waals surface area contributed by atoms with Crippen LogP contribution in [-0.2, 0) is 0 Å². The maximum atomic E-state index is 13.7. The van der Waals surface area contributed by atoms with Crippen LogP contribution in [0.1, 0.15) is 35.2 Å². The summed E-state index contributed by atoms with van der Waals surface area (Å²) in [5.74, 6) is -2.24. The van der Waals surface area contributed by atoms with Crippen molar-refractivity contribution in [2.75, 3.05) is 0 Å². The molecular weight excluding hydrogens is 453 g/mol. The third kappa shape index (κ3) is 7.18. The molecule has 3 rings (SSSR count). The van der Waals surface area contributed by atoms with Gasteiger partial charge in [-0.25, -0.2) is 23.2 Å². The SMILES string of the molecule is CC(CC(N)=NC(=Nc1cc(F)cc(Cl)c1)NC(=O)c1ccc(F)cc1)c1ccc(F)cc1. The summed E-state index contributed by atoms with van der Waals surface area (Å²) in [5, 5.41) is 2.61. The number of benzene rings is 3. The van der Waals surface area contributed by atoms with Crippen molar-refractivity contribution in [3.8, 4) is 0 Å². The van der Waals surface area contributed by atoms with Crippen molar-refractivity contribution in [3.63, 3.8) is 0 Å². The number of carbonyl (C=O) groups is 1. The molecule has 0 bridgehead atoms. The first-order valence-corrected chi connectivity index (χ1v) is 10.3. The number of aliphatic imine (C=N–C) groups is 2. The normalized spacial score (nSPS) is 13.0. The van der Waals surface area contributed by atoms with Crippen LogP contribution in [0.25, 0.3) is 0 Å². The smallest absolute Gasteiger partial charge is 0.258 e. The Kier molecular flexibility index (Phi) is 7.84. The van der Waals surface area contributed by atoms with Gasteiger partial charge in [0.05, 0.1) is 5.69 Å². The molecular formula is C24H20ClF3N4O. The molecule has 1 atom stereocenters. The summed E-state index contributed by atoms with van der Waals surface area (Å²) in [5.41, 5.74) is 7.20. The standard InChI is InChI=1S/C24H20ClF3N4O/c1-14(15-2-6-18(26)7-3-15)10-22(29)31-24(30-21-12-17(25)11-20(28)13-21)32-23(33)16-4-8-19(27)9-5-16/h2-9,11-14H,10H2,1H3,(H3,29,30,31,32,33). The Balaban J connectivity index is 1.87. The minimum atomic E-state index is -0.618. The number of guanidine groups is 1. The first-order valence-electron chi connectivity index (χ1n) is 9.90. The number of rotatable bonds is 5. The lowest BCUT2D eigenvalue weighted by Crippen LogP contribution is -2.31. The van der Waals surface area contributed by atoms with Crippen LogP contribution in [0, 0.1) is 17.5 Å². The maximum Gasteiger partial charge on any atom is 0.258 e. The molecule has 0 aliphatic heterocycles. The number of nitrogens with one attached hydrogen (secondary N) is 1. The highest BCUT2D eigenvalue weighted by Crippen LogP contribution is 2.22. The number of halogens is 4. The number of hydrogen-bond donors (Lipinski definition) is 2. The van der Waals surface area contributed by atoms with Gasteiger partial charge in [-0.3, -0.25) is 10.1 Å². The van der Waals surface area contributed by atoms with Crippen molar-refractivity contribution in [3.05, 3.63) is 100 Å². The molecule has 5 nitrogen and oxygen atoms in total. The fraction of sp³-hybridized carbons (Fsp3) is 0.125. The summed E-state index contributed by atoms with van der Waals surface area (Å²) in [6.07, 6.45) is 0.279. The second-order valence-corrected chi connectivity index (χ2v) is 7.72. The second kappa shape index (κ2) is 10.8. The molecule has 0 spiro atoms. The molecule has 0 saturated heterocycles. The Morgan fingerprint density at radius 2 is 1.58 bits per heavy atom. The van der Waals surface area contributed by atoms with Crippen LogP contribution in [-0.4, -0.2) is 17.7 Å². The molecule has 3 aromatic carbocycles. The Labute approximate surface area is 193 Å². The molecule has 3 aromatic rings. The number of amides is 1. The Morgan fingerprint density at radius 1 is 0.970 bits per heavy atom. The van der Waals surface area contributed by atoms with Crippen LogP contribution in [0.2, 0.25) is 5.02 Å². The molecule has 0 saturated carbocycles. The summed E-state index contributed by atoms with van der Waals surface area (Å²) < 4.78 is 40.1. The van der Waals surface area contributed by atoms with Crippen molar-refractivity contribution in [1.82, 2.24) is 5.32 Å². The molecule has 0 heterocycles.